The third kappa shape index (κ3) is 3.51. The van der Waals surface area contributed by atoms with Gasteiger partial charge in [0.05, 0.1) is 27.2 Å². The fourth-order valence-corrected chi connectivity index (χ4v) is 4.69. The minimum Gasteiger partial charge on any atom is -0.510 e. The number of amidine groups is 1. The van der Waals surface area contributed by atoms with Gasteiger partial charge in [0.25, 0.3) is 0 Å². The minimum absolute atomic E-state index is 0.0719. The molecule has 1 aromatic heterocycles. The van der Waals surface area contributed by atoms with Crippen molar-refractivity contribution >= 4 is 43.0 Å². The summed E-state index contributed by atoms with van der Waals surface area (Å²) in [5.41, 5.74) is 2.25. The van der Waals surface area contributed by atoms with Crippen molar-refractivity contribution in [2.24, 2.45) is 5.14 Å². The number of aliphatic hydroxyl groups excluding tert-OH is 1. The molecular weight excluding hydrogens is 396 g/mol. The molecule has 3 aromatic rings. The highest BCUT2D eigenvalue weighted by Crippen LogP contribution is 2.33. The van der Waals surface area contributed by atoms with Crippen molar-refractivity contribution in [1.82, 2.24) is 9.88 Å². The van der Waals surface area contributed by atoms with Crippen molar-refractivity contribution in [3.63, 3.8) is 0 Å². The number of sulfonamides is 1. The van der Waals surface area contributed by atoms with Crippen LogP contribution in [-0.4, -0.2) is 42.3 Å². The lowest BCUT2D eigenvalue weighted by Crippen LogP contribution is -2.28. The molecule has 28 heavy (non-hydrogen) atoms. The van der Waals surface area contributed by atoms with Crippen LogP contribution in [0.4, 0.5) is 0 Å². The van der Waals surface area contributed by atoms with E-state index in [4.69, 9.17) is 10.5 Å². The maximum atomic E-state index is 11.3. The Hall–Kier alpha value is -2.75. The van der Waals surface area contributed by atoms with Crippen LogP contribution in [0.25, 0.3) is 15.8 Å². The molecule has 2 aromatic carbocycles. The van der Waals surface area contributed by atoms with E-state index in [0.29, 0.717) is 23.5 Å². The number of thiazole rings is 1. The highest BCUT2D eigenvalue weighted by atomic mass is 32.2. The first-order valence-electron chi connectivity index (χ1n) is 8.56. The number of nitrogens with one attached hydrogen (secondary N) is 1. The molecule has 0 saturated carbocycles. The van der Waals surface area contributed by atoms with E-state index in [1.165, 1.54) is 23.5 Å². The number of aliphatic hydroxyl groups is 1. The van der Waals surface area contributed by atoms with Crippen molar-refractivity contribution < 1.29 is 13.5 Å². The number of hydrogen-bond acceptors (Lipinski definition) is 6. The van der Waals surface area contributed by atoms with Gasteiger partial charge in [-0.3, -0.25) is 5.41 Å². The molecule has 0 saturated heterocycles. The quantitative estimate of drug-likeness (QED) is 0.593. The largest absolute Gasteiger partial charge is 0.510 e. The Balaban J connectivity index is 1.47. The first-order valence-corrected chi connectivity index (χ1v) is 10.9. The smallest absolute Gasteiger partial charge is 0.238 e. The van der Waals surface area contributed by atoms with Crippen LogP contribution in [0, 0.1) is 5.41 Å². The lowest BCUT2D eigenvalue weighted by molar-refractivity contribution is 0.351. The van der Waals surface area contributed by atoms with Gasteiger partial charge in [-0.25, -0.2) is 18.5 Å². The molecule has 7 nitrogen and oxygen atoms in total. The molecule has 9 heteroatoms. The number of nitrogens with two attached hydrogens (primary N) is 1. The summed E-state index contributed by atoms with van der Waals surface area (Å²) in [7, 11) is -3.71. The molecule has 0 aliphatic carbocycles. The maximum Gasteiger partial charge on any atom is 0.238 e. The van der Waals surface area contributed by atoms with Crippen LogP contribution in [-0.2, 0) is 16.4 Å². The molecule has 4 rings (SSSR count). The first kappa shape index (κ1) is 18.6. The summed E-state index contributed by atoms with van der Waals surface area (Å²) >= 11 is 1.46. The van der Waals surface area contributed by atoms with E-state index in [0.717, 1.165) is 15.8 Å². The van der Waals surface area contributed by atoms with Crippen LogP contribution < -0.4 is 5.14 Å². The zero-order valence-electron chi connectivity index (χ0n) is 14.8. The van der Waals surface area contributed by atoms with Crippen molar-refractivity contribution in [2.45, 2.75) is 11.3 Å². The fraction of sp³-hybridized carbons (Fsp3) is 0.158. The van der Waals surface area contributed by atoms with Crippen LogP contribution in [0.15, 0.2) is 59.2 Å². The lowest BCUT2D eigenvalue weighted by atomic mass is 10.1. The van der Waals surface area contributed by atoms with Gasteiger partial charge < -0.3 is 10.0 Å². The zero-order chi connectivity index (χ0) is 19.9. The first-order chi connectivity index (χ1) is 13.3. The summed E-state index contributed by atoms with van der Waals surface area (Å²) in [6.07, 6.45) is 0.605. The van der Waals surface area contributed by atoms with Gasteiger partial charge in [-0.2, -0.15) is 0 Å². The molecule has 2 heterocycles. The summed E-state index contributed by atoms with van der Waals surface area (Å²) in [5, 5.41) is 24.6. The van der Waals surface area contributed by atoms with Gasteiger partial charge in [0.2, 0.25) is 10.0 Å². The lowest BCUT2D eigenvalue weighted by Gasteiger charge is -2.18. The van der Waals surface area contributed by atoms with Gasteiger partial charge in [0.15, 0.2) is 0 Å². The molecule has 1 aliphatic rings. The summed E-state index contributed by atoms with van der Waals surface area (Å²) in [4.78, 5) is 6.40. The predicted octanol–water partition coefficient (Wildman–Crippen LogP) is 2.75. The Morgan fingerprint density at radius 2 is 1.89 bits per heavy atom. The van der Waals surface area contributed by atoms with Crippen LogP contribution >= 0.6 is 11.3 Å². The summed E-state index contributed by atoms with van der Waals surface area (Å²) in [5.74, 6) is 0.395. The van der Waals surface area contributed by atoms with E-state index in [-0.39, 0.29) is 23.0 Å². The third-order valence-electron chi connectivity index (χ3n) is 4.61. The Morgan fingerprint density at radius 3 is 2.57 bits per heavy atom. The Labute approximate surface area is 166 Å². The molecule has 0 atom stereocenters. The van der Waals surface area contributed by atoms with Gasteiger partial charge in [0, 0.05) is 6.54 Å². The number of hydrogen-bond donors (Lipinski definition) is 3. The van der Waals surface area contributed by atoms with Crippen LogP contribution in [0.2, 0.25) is 0 Å². The van der Waals surface area contributed by atoms with E-state index >= 15 is 0 Å². The van der Waals surface area contributed by atoms with Gasteiger partial charge in [0.1, 0.15) is 16.6 Å². The van der Waals surface area contributed by atoms with Crippen molar-refractivity contribution in [2.75, 3.05) is 13.1 Å². The number of primary sulfonamides is 1. The number of para-hydroxylation sites is 1. The SMILES string of the molecule is N=C1C(c2nc3ccccc3s2)=C(O)CN1CCc1ccc(S(N)(=O)=O)cc1. The molecule has 0 fully saturated rings. The highest BCUT2D eigenvalue weighted by Gasteiger charge is 2.30. The summed E-state index contributed by atoms with van der Waals surface area (Å²) in [6, 6.07) is 14.1. The summed E-state index contributed by atoms with van der Waals surface area (Å²) < 4.78 is 23.7. The molecule has 144 valence electrons. The second kappa shape index (κ2) is 7.01. The normalized spacial score (nSPS) is 15.0. The number of aromatic nitrogens is 1. The van der Waals surface area contributed by atoms with E-state index in [1.54, 1.807) is 17.0 Å². The number of rotatable bonds is 5. The number of fused-ring (bicyclic) bond motifs is 1. The molecular formula is C19H18N4O3S2. The summed E-state index contributed by atoms with van der Waals surface area (Å²) in [6.45, 7) is 0.783. The Kier molecular flexibility index (Phi) is 4.66. The predicted molar refractivity (Wildman–Crippen MR) is 110 cm³/mol. The molecule has 0 amide bonds. The minimum atomic E-state index is -3.71. The van der Waals surface area contributed by atoms with Crippen molar-refractivity contribution in [3.8, 4) is 0 Å². The monoisotopic (exact) mass is 414 g/mol. The van der Waals surface area contributed by atoms with E-state index in [2.05, 4.69) is 4.98 Å². The zero-order valence-corrected chi connectivity index (χ0v) is 16.4. The van der Waals surface area contributed by atoms with Crippen LogP contribution in [0.3, 0.4) is 0 Å². The van der Waals surface area contributed by atoms with Gasteiger partial charge in [-0.15, -0.1) is 11.3 Å². The second-order valence-corrected chi connectivity index (χ2v) is 9.11. The topological polar surface area (TPSA) is 120 Å². The van der Waals surface area contributed by atoms with E-state index in [1.807, 2.05) is 24.3 Å². The molecule has 0 spiro atoms. The Bertz CT molecular complexity index is 1160. The van der Waals surface area contributed by atoms with E-state index < -0.39 is 10.0 Å². The van der Waals surface area contributed by atoms with Crippen LogP contribution in [0.5, 0.6) is 0 Å². The fourth-order valence-electron chi connectivity index (χ4n) is 3.14. The molecule has 0 bridgehead atoms. The van der Waals surface area contributed by atoms with Gasteiger partial charge in [-0.05, 0) is 36.2 Å². The van der Waals surface area contributed by atoms with Gasteiger partial charge in [-0.1, -0.05) is 24.3 Å². The van der Waals surface area contributed by atoms with E-state index in [9.17, 15) is 13.5 Å². The molecule has 1 aliphatic heterocycles. The molecule has 0 radical (unpaired) electrons. The molecule has 4 N–H and O–H groups in total. The van der Waals surface area contributed by atoms with Crippen LogP contribution in [0.1, 0.15) is 10.6 Å². The molecule has 0 unspecified atom stereocenters. The number of nitrogens with zero attached hydrogens (tertiary/aromatic N) is 2. The average Bonchev–Trinajstić information content (AvgIpc) is 3.19. The third-order valence-corrected chi connectivity index (χ3v) is 6.60. The highest BCUT2D eigenvalue weighted by molar-refractivity contribution is 7.89. The number of benzene rings is 2. The standard InChI is InChI=1S/C19H18N4O3S2/c20-18-17(19-22-14-3-1-2-4-16(14)27-19)15(24)11-23(18)10-9-12-5-7-13(8-6-12)28(21,25)26/h1-8,20,24H,9-11H2,(H2,21,25,26). The Morgan fingerprint density at radius 1 is 1.18 bits per heavy atom. The maximum absolute atomic E-state index is 11.3. The average molecular weight is 415 g/mol. The van der Waals surface area contributed by atoms with Gasteiger partial charge >= 0.3 is 0 Å². The second-order valence-electron chi connectivity index (χ2n) is 6.52. The van der Waals surface area contributed by atoms with Crippen molar-refractivity contribution in [1.29, 1.82) is 5.41 Å². The van der Waals surface area contributed by atoms with Crippen molar-refractivity contribution in [3.05, 3.63) is 64.9 Å².